The molecule has 0 spiro atoms. The summed E-state index contributed by atoms with van der Waals surface area (Å²) in [4.78, 5) is 0. The van der Waals surface area contributed by atoms with Gasteiger partial charge in [0.25, 0.3) is 0 Å². The summed E-state index contributed by atoms with van der Waals surface area (Å²) in [5.74, 6) is 0.848. The molecule has 0 heterocycles. The smallest absolute Gasteiger partial charge is 0.119 e. The Balaban J connectivity index is 2.13. The van der Waals surface area contributed by atoms with Crippen molar-refractivity contribution in [3.05, 3.63) is 63.2 Å². The first-order valence-corrected chi connectivity index (χ1v) is 7.45. The molecule has 1 unspecified atom stereocenters. The molecule has 0 saturated heterocycles. The first kappa shape index (κ1) is 14.3. The molecule has 0 bridgehead atoms. The van der Waals surface area contributed by atoms with Gasteiger partial charge in [0, 0.05) is 3.57 Å². The highest BCUT2D eigenvalue weighted by Crippen LogP contribution is 2.25. The predicted octanol–water partition coefficient (Wildman–Crippen LogP) is 4.16. The summed E-state index contributed by atoms with van der Waals surface area (Å²) in [5.41, 5.74) is 1.79. The van der Waals surface area contributed by atoms with E-state index >= 15 is 0 Å². The molecule has 0 amide bonds. The minimum absolute atomic E-state index is 0.588. The van der Waals surface area contributed by atoms with Crippen LogP contribution in [0.4, 0.5) is 0 Å². The number of halogens is 1. The lowest BCUT2D eigenvalue weighted by Crippen LogP contribution is -2.00. The van der Waals surface area contributed by atoms with Crippen LogP contribution in [0.5, 0.6) is 5.75 Å². The van der Waals surface area contributed by atoms with E-state index in [0.717, 1.165) is 33.5 Å². The van der Waals surface area contributed by atoms with Crippen molar-refractivity contribution in [1.29, 1.82) is 0 Å². The molecular formula is C16H17IO2. The number of aliphatic hydroxyl groups is 1. The van der Waals surface area contributed by atoms with Crippen LogP contribution < -0.4 is 4.74 Å². The molecule has 2 aromatic carbocycles. The van der Waals surface area contributed by atoms with Gasteiger partial charge in [0.2, 0.25) is 0 Å². The molecule has 1 atom stereocenters. The van der Waals surface area contributed by atoms with Gasteiger partial charge in [0.15, 0.2) is 0 Å². The maximum Gasteiger partial charge on any atom is 0.119 e. The van der Waals surface area contributed by atoms with Crippen molar-refractivity contribution >= 4 is 22.6 Å². The summed E-state index contributed by atoms with van der Waals surface area (Å²) < 4.78 is 6.65. The van der Waals surface area contributed by atoms with Crippen LogP contribution in [0.1, 0.15) is 30.6 Å². The van der Waals surface area contributed by atoms with Crippen molar-refractivity contribution in [3.8, 4) is 5.75 Å². The van der Waals surface area contributed by atoms with E-state index in [-0.39, 0.29) is 0 Å². The van der Waals surface area contributed by atoms with Crippen molar-refractivity contribution in [2.45, 2.75) is 19.4 Å². The second-order valence-electron chi connectivity index (χ2n) is 4.38. The van der Waals surface area contributed by atoms with Gasteiger partial charge in [0.1, 0.15) is 11.9 Å². The van der Waals surface area contributed by atoms with E-state index < -0.39 is 6.10 Å². The van der Waals surface area contributed by atoms with Gasteiger partial charge in [-0.3, -0.25) is 0 Å². The molecule has 0 saturated carbocycles. The van der Waals surface area contributed by atoms with E-state index in [1.54, 1.807) is 0 Å². The van der Waals surface area contributed by atoms with Crippen LogP contribution in [0.25, 0.3) is 0 Å². The fourth-order valence-electron chi connectivity index (χ4n) is 1.84. The largest absolute Gasteiger partial charge is 0.494 e. The van der Waals surface area contributed by atoms with E-state index in [9.17, 15) is 5.11 Å². The Labute approximate surface area is 127 Å². The van der Waals surface area contributed by atoms with Crippen LogP contribution in [0, 0.1) is 3.57 Å². The van der Waals surface area contributed by atoms with Gasteiger partial charge in [-0.25, -0.2) is 0 Å². The van der Waals surface area contributed by atoms with Gasteiger partial charge in [-0.15, -0.1) is 0 Å². The topological polar surface area (TPSA) is 29.5 Å². The van der Waals surface area contributed by atoms with E-state index in [2.05, 4.69) is 29.5 Å². The minimum Gasteiger partial charge on any atom is -0.494 e. The maximum absolute atomic E-state index is 10.3. The van der Waals surface area contributed by atoms with Crippen LogP contribution in [0.2, 0.25) is 0 Å². The first-order valence-electron chi connectivity index (χ1n) is 6.37. The molecule has 2 rings (SSSR count). The lowest BCUT2D eigenvalue weighted by atomic mass is 10.0. The molecule has 2 nitrogen and oxygen atoms in total. The monoisotopic (exact) mass is 368 g/mol. The van der Waals surface area contributed by atoms with E-state index in [1.807, 2.05) is 48.5 Å². The maximum atomic E-state index is 10.3. The summed E-state index contributed by atoms with van der Waals surface area (Å²) in [6, 6.07) is 15.5. The number of hydrogen-bond donors (Lipinski definition) is 1. The third-order valence-corrected chi connectivity index (χ3v) is 3.50. The Morgan fingerprint density at radius 1 is 1.11 bits per heavy atom. The number of aliphatic hydroxyl groups excluding tert-OH is 1. The van der Waals surface area contributed by atoms with Gasteiger partial charge in [-0.05, 0) is 64.4 Å². The Morgan fingerprint density at radius 3 is 2.47 bits per heavy atom. The van der Waals surface area contributed by atoms with E-state index in [4.69, 9.17) is 4.74 Å². The van der Waals surface area contributed by atoms with Crippen LogP contribution in [0.3, 0.4) is 0 Å². The zero-order chi connectivity index (χ0) is 13.7. The average molecular weight is 368 g/mol. The summed E-state index contributed by atoms with van der Waals surface area (Å²) in [7, 11) is 0. The van der Waals surface area contributed by atoms with Gasteiger partial charge in [0.05, 0.1) is 6.61 Å². The lowest BCUT2D eigenvalue weighted by Gasteiger charge is -2.12. The van der Waals surface area contributed by atoms with Crippen LogP contribution in [0.15, 0.2) is 48.5 Å². The number of hydrogen-bond acceptors (Lipinski definition) is 2. The Hall–Kier alpha value is -1.07. The highest BCUT2D eigenvalue weighted by Gasteiger charge is 2.10. The molecule has 3 heteroatoms. The highest BCUT2D eigenvalue weighted by atomic mass is 127. The number of benzene rings is 2. The molecule has 0 radical (unpaired) electrons. The minimum atomic E-state index is -0.588. The summed E-state index contributed by atoms with van der Waals surface area (Å²) >= 11 is 2.25. The molecule has 19 heavy (non-hydrogen) atoms. The molecule has 0 aliphatic rings. The predicted molar refractivity (Wildman–Crippen MR) is 85.4 cm³/mol. The van der Waals surface area contributed by atoms with Gasteiger partial charge < -0.3 is 9.84 Å². The van der Waals surface area contributed by atoms with Crippen molar-refractivity contribution in [2.75, 3.05) is 6.61 Å². The van der Waals surface area contributed by atoms with Crippen LogP contribution >= 0.6 is 22.6 Å². The Morgan fingerprint density at radius 2 is 1.84 bits per heavy atom. The van der Waals surface area contributed by atoms with Crippen molar-refractivity contribution in [2.24, 2.45) is 0 Å². The summed E-state index contributed by atoms with van der Waals surface area (Å²) in [6.07, 6.45) is 0.405. The average Bonchev–Trinajstić information content (AvgIpc) is 2.45. The van der Waals surface area contributed by atoms with E-state index in [0.29, 0.717) is 0 Å². The second kappa shape index (κ2) is 6.91. The fraction of sp³-hybridized carbons (Fsp3) is 0.250. The molecule has 0 fully saturated rings. The number of rotatable bonds is 5. The van der Waals surface area contributed by atoms with Gasteiger partial charge in [-0.1, -0.05) is 31.2 Å². The Bertz CT molecular complexity index is 523. The van der Waals surface area contributed by atoms with Crippen LogP contribution in [-0.4, -0.2) is 11.7 Å². The lowest BCUT2D eigenvalue weighted by molar-refractivity contribution is 0.220. The Kier molecular flexibility index (Phi) is 5.22. The fourth-order valence-corrected chi connectivity index (χ4v) is 2.40. The van der Waals surface area contributed by atoms with Crippen molar-refractivity contribution in [3.63, 3.8) is 0 Å². The third-order valence-electron chi connectivity index (χ3n) is 2.83. The molecule has 0 aromatic heterocycles. The standard InChI is InChI=1S/C16H17IO2/c1-2-10-19-15-8-6-12(7-9-15)16(18)13-4-3-5-14(17)11-13/h3-9,11,16,18H,2,10H2,1H3. The van der Waals surface area contributed by atoms with Crippen molar-refractivity contribution < 1.29 is 9.84 Å². The second-order valence-corrected chi connectivity index (χ2v) is 5.62. The summed E-state index contributed by atoms with van der Waals surface area (Å²) in [5, 5.41) is 10.3. The number of ether oxygens (including phenoxy) is 1. The zero-order valence-electron chi connectivity index (χ0n) is 10.8. The molecule has 1 N–H and O–H groups in total. The van der Waals surface area contributed by atoms with Gasteiger partial charge in [-0.2, -0.15) is 0 Å². The quantitative estimate of drug-likeness (QED) is 0.804. The third kappa shape index (κ3) is 3.94. The first-order chi connectivity index (χ1) is 9.20. The molecule has 0 aliphatic heterocycles. The van der Waals surface area contributed by atoms with E-state index in [1.165, 1.54) is 0 Å². The molecule has 100 valence electrons. The molecular weight excluding hydrogens is 351 g/mol. The molecule has 0 aliphatic carbocycles. The highest BCUT2D eigenvalue weighted by molar-refractivity contribution is 14.1. The summed E-state index contributed by atoms with van der Waals surface area (Å²) in [6.45, 7) is 2.80. The SMILES string of the molecule is CCCOc1ccc(C(O)c2cccc(I)c2)cc1. The van der Waals surface area contributed by atoms with Crippen molar-refractivity contribution in [1.82, 2.24) is 0 Å². The zero-order valence-corrected chi connectivity index (χ0v) is 13.0. The van der Waals surface area contributed by atoms with Crippen LogP contribution in [-0.2, 0) is 0 Å². The normalized spacial score (nSPS) is 12.2. The van der Waals surface area contributed by atoms with Gasteiger partial charge >= 0.3 is 0 Å². The molecule has 2 aromatic rings.